The molecule has 0 N–H and O–H groups in total. The molecular weight excluding hydrogens is 289 g/mol. The summed E-state index contributed by atoms with van der Waals surface area (Å²) >= 11 is 3.23. The molecule has 5 heteroatoms. The summed E-state index contributed by atoms with van der Waals surface area (Å²) in [4.78, 5) is 14.1. The van der Waals surface area contributed by atoms with Crippen LogP contribution in [-0.2, 0) is 4.74 Å². The molecule has 0 spiro atoms. The number of likely N-dealkylation sites (N-methyl/N-ethyl adjacent to an activating group) is 1. The highest BCUT2D eigenvalue weighted by Crippen LogP contribution is 2.19. The quantitative estimate of drug-likeness (QED) is 0.784. The van der Waals surface area contributed by atoms with Gasteiger partial charge in [-0.3, -0.25) is 4.79 Å². The van der Waals surface area contributed by atoms with E-state index in [1.807, 2.05) is 11.9 Å². The molecule has 0 saturated carbocycles. The fraction of sp³-hybridized carbons (Fsp3) is 0.417. The maximum absolute atomic E-state index is 13.6. The highest BCUT2D eigenvalue weighted by Gasteiger charge is 2.27. The zero-order valence-electron chi connectivity index (χ0n) is 9.45. The zero-order chi connectivity index (χ0) is 12.4. The van der Waals surface area contributed by atoms with Crippen LogP contribution in [0.2, 0.25) is 0 Å². The van der Waals surface area contributed by atoms with Crippen molar-refractivity contribution < 1.29 is 13.9 Å². The van der Waals surface area contributed by atoms with Crippen molar-refractivity contribution >= 4 is 21.7 Å². The van der Waals surface area contributed by atoms with Crippen LogP contribution in [0.3, 0.4) is 0 Å². The summed E-state index contributed by atoms with van der Waals surface area (Å²) in [6.07, 6.45) is -0.572. The smallest absolute Gasteiger partial charge is 0.195 e. The summed E-state index contributed by atoms with van der Waals surface area (Å²) in [5, 5.41) is 0. The number of Topliss-reactive ketones (excluding diaryl/α,β-unsaturated/α-hetero) is 1. The Hall–Kier alpha value is -0.780. The van der Waals surface area contributed by atoms with Crippen LogP contribution in [0.4, 0.5) is 4.39 Å². The van der Waals surface area contributed by atoms with Crippen molar-refractivity contribution in [2.45, 2.75) is 6.10 Å². The van der Waals surface area contributed by atoms with E-state index in [0.717, 1.165) is 6.54 Å². The van der Waals surface area contributed by atoms with Crippen LogP contribution in [-0.4, -0.2) is 43.5 Å². The first-order valence-electron chi connectivity index (χ1n) is 5.37. The van der Waals surface area contributed by atoms with Gasteiger partial charge in [0, 0.05) is 17.6 Å². The Bertz CT molecular complexity index is 439. The second-order valence-corrected chi connectivity index (χ2v) is 5.03. The topological polar surface area (TPSA) is 29.5 Å². The minimum absolute atomic E-state index is 0.0830. The Kier molecular flexibility index (Phi) is 3.91. The largest absolute Gasteiger partial charge is 0.367 e. The van der Waals surface area contributed by atoms with Gasteiger partial charge in [-0.2, -0.15) is 0 Å². The maximum Gasteiger partial charge on any atom is 0.195 e. The second-order valence-electron chi connectivity index (χ2n) is 4.11. The highest BCUT2D eigenvalue weighted by atomic mass is 79.9. The Labute approximate surface area is 108 Å². The average Bonchev–Trinajstić information content (AvgIpc) is 2.31. The van der Waals surface area contributed by atoms with E-state index >= 15 is 0 Å². The SMILES string of the molecule is CN1CCOC(C(=O)c2cc(Br)ccc2F)C1. The molecule has 1 aromatic rings. The molecule has 1 fully saturated rings. The molecule has 1 atom stereocenters. The van der Waals surface area contributed by atoms with Gasteiger partial charge in [0.15, 0.2) is 5.78 Å². The normalized spacial score (nSPS) is 21.5. The first-order valence-corrected chi connectivity index (χ1v) is 6.16. The number of halogens is 2. The molecule has 0 aromatic heterocycles. The lowest BCUT2D eigenvalue weighted by Crippen LogP contribution is -2.44. The summed E-state index contributed by atoms with van der Waals surface area (Å²) in [7, 11) is 1.92. The van der Waals surface area contributed by atoms with Crippen LogP contribution in [0.25, 0.3) is 0 Å². The fourth-order valence-corrected chi connectivity index (χ4v) is 2.16. The number of benzene rings is 1. The summed E-state index contributed by atoms with van der Waals surface area (Å²) in [6.45, 7) is 1.80. The summed E-state index contributed by atoms with van der Waals surface area (Å²) < 4.78 is 19.6. The molecule has 1 aliphatic heterocycles. The molecule has 1 aliphatic rings. The third kappa shape index (κ3) is 2.91. The fourth-order valence-electron chi connectivity index (χ4n) is 1.80. The minimum atomic E-state index is -0.572. The molecule has 1 heterocycles. The number of ether oxygens (including phenoxy) is 1. The minimum Gasteiger partial charge on any atom is -0.367 e. The van der Waals surface area contributed by atoms with Gasteiger partial charge in [0.1, 0.15) is 11.9 Å². The lowest BCUT2D eigenvalue weighted by Gasteiger charge is -2.29. The van der Waals surface area contributed by atoms with Crippen molar-refractivity contribution in [3.63, 3.8) is 0 Å². The standard InChI is InChI=1S/C12H13BrFNO2/c1-15-4-5-17-11(7-15)12(16)9-6-8(13)2-3-10(9)14/h2-3,6,11H,4-5,7H2,1H3. The van der Waals surface area contributed by atoms with Gasteiger partial charge in [-0.15, -0.1) is 0 Å². The van der Waals surface area contributed by atoms with Crippen molar-refractivity contribution in [1.29, 1.82) is 0 Å². The Morgan fingerprint density at radius 1 is 1.59 bits per heavy atom. The molecule has 1 unspecified atom stereocenters. The van der Waals surface area contributed by atoms with Crippen LogP contribution in [0.1, 0.15) is 10.4 Å². The van der Waals surface area contributed by atoms with E-state index in [9.17, 15) is 9.18 Å². The number of morpholine rings is 1. The Morgan fingerprint density at radius 3 is 3.06 bits per heavy atom. The van der Waals surface area contributed by atoms with Crippen LogP contribution >= 0.6 is 15.9 Å². The highest BCUT2D eigenvalue weighted by molar-refractivity contribution is 9.10. The van der Waals surface area contributed by atoms with Crippen LogP contribution < -0.4 is 0 Å². The lowest BCUT2D eigenvalue weighted by atomic mass is 10.0. The summed E-state index contributed by atoms with van der Waals surface area (Å²) in [5.41, 5.74) is 0.0830. The molecule has 17 heavy (non-hydrogen) atoms. The molecule has 92 valence electrons. The average molecular weight is 302 g/mol. The second kappa shape index (κ2) is 5.25. The van der Waals surface area contributed by atoms with E-state index in [1.54, 1.807) is 6.07 Å². The molecule has 1 saturated heterocycles. The van der Waals surface area contributed by atoms with E-state index < -0.39 is 11.9 Å². The number of hydrogen-bond donors (Lipinski definition) is 0. The van der Waals surface area contributed by atoms with Crippen molar-refractivity contribution in [3.05, 3.63) is 34.1 Å². The summed E-state index contributed by atoms with van der Waals surface area (Å²) in [6, 6.07) is 4.35. The van der Waals surface area contributed by atoms with Crippen LogP contribution in [0.5, 0.6) is 0 Å². The van der Waals surface area contributed by atoms with Gasteiger partial charge >= 0.3 is 0 Å². The molecule has 2 rings (SSSR count). The predicted molar refractivity (Wildman–Crippen MR) is 65.7 cm³/mol. The number of nitrogens with zero attached hydrogens (tertiary/aromatic N) is 1. The van der Waals surface area contributed by atoms with Gasteiger partial charge in [0.2, 0.25) is 0 Å². The Morgan fingerprint density at radius 2 is 2.35 bits per heavy atom. The molecule has 0 aliphatic carbocycles. The van der Waals surface area contributed by atoms with Gasteiger partial charge < -0.3 is 9.64 Å². The molecular formula is C12H13BrFNO2. The molecule has 0 bridgehead atoms. The van der Waals surface area contributed by atoms with E-state index in [1.165, 1.54) is 12.1 Å². The van der Waals surface area contributed by atoms with Crippen molar-refractivity contribution in [2.24, 2.45) is 0 Å². The molecule has 3 nitrogen and oxygen atoms in total. The van der Waals surface area contributed by atoms with E-state index in [4.69, 9.17) is 4.74 Å². The van der Waals surface area contributed by atoms with Gasteiger partial charge in [-0.1, -0.05) is 15.9 Å². The molecule has 0 amide bonds. The lowest BCUT2D eigenvalue weighted by molar-refractivity contribution is -0.00883. The number of carbonyl (C=O) groups is 1. The number of carbonyl (C=O) groups excluding carboxylic acids is 1. The summed E-state index contributed by atoms with van der Waals surface area (Å²) in [5.74, 6) is -0.801. The van der Waals surface area contributed by atoms with Gasteiger partial charge in [0.25, 0.3) is 0 Å². The maximum atomic E-state index is 13.6. The Balaban J connectivity index is 2.21. The van der Waals surface area contributed by atoms with E-state index in [2.05, 4.69) is 15.9 Å². The molecule has 1 aromatic carbocycles. The van der Waals surface area contributed by atoms with E-state index in [0.29, 0.717) is 17.6 Å². The van der Waals surface area contributed by atoms with Crippen molar-refractivity contribution in [1.82, 2.24) is 4.90 Å². The monoisotopic (exact) mass is 301 g/mol. The van der Waals surface area contributed by atoms with Gasteiger partial charge in [-0.25, -0.2) is 4.39 Å². The molecule has 0 radical (unpaired) electrons. The van der Waals surface area contributed by atoms with Crippen molar-refractivity contribution in [3.8, 4) is 0 Å². The van der Waals surface area contributed by atoms with E-state index in [-0.39, 0.29) is 11.3 Å². The van der Waals surface area contributed by atoms with Crippen LogP contribution in [0.15, 0.2) is 22.7 Å². The van der Waals surface area contributed by atoms with Gasteiger partial charge in [-0.05, 0) is 25.2 Å². The number of hydrogen-bond acceptors (Lipinski definition) is 3. The predicted octanol–water partition coefficient (Wildman–Crippen LogP) is 2.10. The zero-order valence-corrected chi connectivity index (χ0v) is 11.0. The third-order valence-corrected chi connectivity index (χ3v) is 3.25. The first kappa shape index (κ1) is 12.7. The van der Waals surface area contributed by atoms with Crippen molar-refractivity contribution in [2.75, 3.05) is 26.7 Å². The third-order valence-electron chi connectivity index (χ3n) is 2.76. The van der Waals surface area contributed by atoms with Gasteiger partial charge in [0.05, 0.1) is 12.2 Å². The van der Waals surface area contributed by atoms with Crippen LogP contribution in [0, 0.1) is 5.82 Å². The first-order chi connectivity index (χ1) is 8.08. The number of ketones is 1. The number of rotatable bonds is 2.